The summed E-state index contributed by atoms with van der Waals surface area (Å²) in [6, 6.07) is 28.4. The summed E-state index contributed by atoms with van der Waals surface area (Å²) in [5.41, 5.74) is 2.42. The highest BCUT2D eigenvalue weighted by molar-refractivity contribution is 5.98. The van der Waals surface area contributed by atoms with E-state index in [1.807, 2.05) is 103 Å². The van der Waals surface area contributed by atoms with Crippen LogP contribution in [0.4, 0.5) is 0 Å². The molecule has 0 aliphatic carbocycles. The molecule has 0 aliphatic rings. The van der Waals surface area contributed by atoms with Crippen LogP contribution in [0.5, 0.6) is 0 Å². The molecule has 0 unspecified atom stereocenters. The van der Waals surface area contributed by atoms with Gasteiger partial charge in [0.1, 0.15) is 0 Å². The molecule has 0 spiro atoms. The number of ketones is 2. The Morgan fingerprint density at radius 1 is 0.630 bits per heavy atom. The molecule has 2 nitrogen and oxygen atoms in total. The Labute approximate surface area is 160 Å². The molecule has 3 rings (SSSR count). The molecule has 0 bridgehead atoms. The number of hydrogen-bond donors (Lipinski definition) is 0. The zero-order chi connectivity index (χ0) is 18.9. The third kappa shape index (κ3) is 5.61. The maximum atomic E-state index is 12.6. The van der Waals surface area contributed by atoms with Crippen LogP contribution in [0.3, 0.4) is 0 Å². The predicted octanol–water partition coefficient (Wildman–Crippen LogP) is 5.86. The first kappa shape index (κ1) is 18.5. The average molecular weight is 354 g/mol. The van der Waals surface area contributed by atoms with E-state index < -0.39 is 0 Å². The first-order valence-corrected chi connectivity index (χ1v) is 9.12. The van der Waals surface area contributed by atoms with Crippen molar-refractivity contribution in [3.63, 3.8) is 0 Å². The Bertz CT molecular complexity index is 843. The van der Waals surface area contributed by atoms with Gasteiger partial charge < -0.3 is 0 Å². The summed E-state index contributed by atoms with van der Waals surface area (Å²) in [6.07, 6.45) is 4.59. The topological polar surface area (TPSA) is 34.1 Å². The zero-order valence-electron chi connectivity index (χ0n) is 15.1. The summed E-state index contributed by atoms with van der Waals surface area (Å²) < 4.78 is 0. The quantitative estimate of drug-likeness (QED) is 0.475. The fraction of sp³-hybridized carbons (Fsp3) is 0.120. The van der Waals surface area contributed by atoms with Crippen molar-refractivity contribution in [3.8, 4) is 0 Å². The maximum absolute atomic E-state index is 12.6. The highest BCUT2D eigenvalue weighted by Crippen LogP contribution is 2.19. The first-order chi connectivity index (χ1) is 13.2. The van der Waals surface area contributed by atoms with Crippen LogP contribution in [0, 0.1) is 5.92 Å². The molecule has 3 aromatic rings. The molecule has 134 valence electrons. The van der Waals surface area contributed by atoms with Crippen molar-refractivity contribution < 1.29 is 9.59 Å². The fourth-order valence-electron chi connectivity index (χ4n) is 2.98. The van der Waals surface area contributed by atoms with Gasteiger partial charge in [0.15, 0.2) is 11.6 Å². The van der Waals surface area contributed by atoms with Gasteiger partial charge >= 0.3 is 0 Å². The fourth-order valence-corrected chi connectivity index (χ4v) is 2.98. The lowest BCUT2D eigenvalue weighted by Crippen LogP contribution is -2.12. The van der Waals surface area contributed by atoms with Gasteiger partial charge in [-0.25, -0.2) is 0 Å². The van der Waals surface area contributed by atoms with Crippen LogP contribution in [0.1, 0.15) is 39.1 Å². The molecule has 0 aromatic heterocycles. The molecule has 0 saturated heterocycles. The Kier molecular flexibility index (Phi) is 6.48. The third-order valence-corrected chi connectivity index (χ3v) is 4.45. The lowest BCUT2D eigenvalue weighted by Gasteiger charge is -2.12. The maximum Gasteiger partial charge on any atom is 0.163 e. The van der Waals surface area contributed by atoms with Gasteiger partial charge in [-0.3, -0.25) is 9.59 Å². The molecule has 0 atom stereocenters. The summed E-state index contributed by atoms with van der Waals surface area (Å²) in [5, 5.41) is 0. The van der Waals surface area contributed by atoms with E-state index in [-0.39, 0.29) is 17.5 Å². The molecule has 3 aromatic carbocycles. The molecule has 0 saturated carbocycles. The van der Waals surface area contributed by atoms with Crippen molar-refractivity contribution in [2.75, 3.05) is 0 Å². The molecule has 2 heteroatoms. The summed E-state index contributed by atoms with van der Waals surface area (Å²) in [7, 11) is 0. The zero-order valence-corrected chi connectivity index (χ0v) is 15.1. The summed E-state index contributed by atoms with van der Waals surface area (Å²) in [6.45, 7) is 0. The second kappa shape index (κ2) is 9.44. The molecular weight excluding hydrogens is 332 g/mol. The Balaban J connectivity index is 1.76. The molecule has 0 N–H and O–H groups in total. The van der Waals surface area contributed by atoms with Crippen molar-refractivity contribution in [1.29, 1.82) is 0 Å². The van der Waals surface area contributed by atoms with Gasteiger partial charge in [0.2, 0.25) is 0 Å². The Morgan fingerprint density at radius 3 is 1.48 bits per heavy atom. The standard InChI is InChI=1S/C25H22O2/c26-24(22-12-6-2-7-13-22)18-21(17-16-20-10-4-1-5-11-20)19-25(27)23-14-8-3-9-15-23/h1-17,21H,18-19H2/b17-16-. The van der Waals surface area contributed by atoms with E-state index in [0.717, 1.165) is 5.56 Å². The van der Waals surface area contributed by atoms with Gasteiger partial charge in [-0.15, -0.1) is 0 Å². The number of hydrogen-bond acceptors (Lipinski definition) is 2. The second-order valence-electron chi connectivity index (χ2n) is 6.52. The van der Waals surface area contributed by atoms with Gasteiger partial charge in [0, 0.05) is 24.0 Å². The molecule has 0 heterocycles. The van der Waals surface area contributed by atoms with E-state index in [1.54, 1.807) is 0 Å². The highest BCUT2D eigenvalue weighted by atomic mass is 16.1. The number of allylic oxidation sites excluding steroid dienone is 1. The smallest absolute Gasteiger partial charge is 0.163 e. The first-order valence-electron chi connectivity index (χ1n) is 9.12. The van der Waals surface area contributed by atoms with E-state index >= 15 is 0 Å². The van der Waals surface area contributed by atoms with Crippen molar-refractivity contribution in [2.45, 2.75) is 12.8 Å². The van der Waals surface area contributed by atoms with Crippen LogP contribution in [0.2, 0.25) is 0 Å². The van der Waals surface area contributed by atoms with E-state index in [1.165, 1.54) is 0 Å². The minimum absolute atomic E-state index is 0.0548. The highest BCUT2D eigenvalue weighted by Gasteiger charge is 2.17. The van der Waals surface area contributed by atoms with Crippen LogP contribution < -0.4 is 0 Å². The van der Waals surface area contributed by atoms with Crippen molar-refractivity contribution in [3.05, 3.63) is 114 Å². The van der Waals surface area contributed by atoms with Gasteiger partial charge in [0.25, 0.3) is 0 Å². The van der Waals surface area contributed by atoms with Gasteiger partial charge in [-0.05, 0) is 11.5 Å². The lowest BCUT2D eigenvalue weighted by atomic mass is 9.91. The second-order valence-corrected chi connectivity index (χ2v) is 6.52. The van der Waals surface area contributed by atoms with Crippen LogP contribution in [-0.4, -0.2) is 11.6 Å². The van der Waals surface area contributed by atoms with Gasteiger partial charge in [-0.1, -0.05) is 103 Å². The van der Waals surface area contributed by atoms with Crippen LogP contribution in [0.15, 0.2) is 97.1 Å². The molecule has 27 heavy (non-hydrogen) atoms. The minimum Gasteiger partial charge on any atom is -0.294 e. The number of Topliss-reactive ketones (excluding diaryl/α,β-unsaturated/α-hetero) is 2. The van der Waals surface area contributed by atoms with E-state index in [0.29, 0.717) is 24.0 Å². The van der Waals surface area contributed by atoms with Crippen LogP contribution >= 0.6 is 0 Å². The monoisotopic (exact) mass is 354 g/mol. The molecule has 0 amide bonds. The van der Waals surface area contributed by atoms with Gasteiger partial charge in [-0.2, -0.15) is 0 Å². The number of rotatable bonds is 8. The SMILES string of the molecule is O=C(CC(/C=C\c1ccccc1)CC(=O)c1ccccc1)c1ccccc1. The summed E-state index contributed by atoms with van der Waals surface area (Å²) >= 11 is 0. The Hall–Kier alpha value is -3.26. The van der Waals surface area contributed by atoms with Crippen molar-refractivity contribution in [1.82, 2.24) is 0 Å². The number of carbonyl (C=O) groups excluding carboxylic acids is 2. The summed E-state index contributed by atoms with van der Waals surface area (Å²) in [4.78, 5) is 25.3. The van der Waals surface area contributed by atoms with E-state index in [9.17, 15) is 9.59 Å². The van der Waals surface area contributed by atoms with E-state index in [2.05, 4.69) is 0 Å². The largest absolute Gasteiger partial charge is 0.294 e. The molecule has 0 fully saturated rings. The van der Waals surface area contributed by atoms with Crippen LogP contribution in [0.25, 0.3) is 6.08 Å². The van der Waals surface area contributed by atoms with Crippen molar-refractivity contribution >= 4 is 17.6 Å². The molecular formula is C25H22O2. The third-order valence-electron chi connectivity index (χ3n) is 4.45. The molecule has 0 aliphatic heterocycles. The van der Waals surface area contributed by atoms with Crippen molar-refractivity contribution in [2.24, 2.45) is 5.92 Å². The lowest BCUT2D eigenvalue weighted by molar-refractivity contribution is 0.0937. The summed E-state index contributed by atoms with van der Waals surface area (Å²) in [5.74, 6) is -0.0380. The minimum atomic E-state index is -0.148. The van der Waals surface area contributed by atoms with E-state index in [4.69, 9.17) is 0 Å². The number of benzene rings is 3. The van der Waals surface area contributed by atoms with Crippen LogP contribution in [-0.2, 0) is 0 Å². The average Bonchev–Trinajstić information content (AvgIpc) is 2.74. The van der Waals surface area contributed by atoms with Gasteiger partial charge in [0.05, 0.1) is 0 Å². The Morgan fingerprint density at radius 2 is 1.04 bits per heavy atom. The molecule has 0 radical (unpaired) electrons. The normalized spacial score (nSPS) is 11.0. The predicted molar refractivity (Wildman–Crippen MR) is 110 cm³/mol. The number of carbonyl (C=O) groups is 2.